The van der Waals surface area contributed by atoms with E-state index in [0.717, 1.165) is 37.8 Å². The van der Waals surface area contributed by atoms with Gasteiger partial charge in [-0.3, -0.25) is 9.59 Å². The molecule has 1 saturated carbocycles. The standard InChI is InChI=1S/C17H21F2NO4/c18-11-7-8-15(13(19)9-11)24-10-16(21)20-14-6-4-2-1-3-5-12(14)17(22)23/h7-9,12,14H,1-6,10H2,(H,20,21)(H,22,23). The average molecular weight is 341 g/mol. The van der Waals surface area contributed by atoms with Gasteiger partial charge in [0.25, 0.3) is 5.91 Å². The van der Waals surface area contributed by atoms with Gasteiger partial charge in [0.15, 0.2) is 18.2 Å². The lowest BCUT2D eigenvalue weighted by Crippen LogP contribution is -2.45. The maximum absolute atomic E-state index is 13.5. The van der Waals surface area contributed by atoms with Gasteiger partial charge in [0.1, 0.15) is 5.82 Å². The number of halogens is 2. The van der Waals surface area contributed by atoms with Crippen molar-refractivity contribution in [2.45, 2.75) is 44.6 Å². The monoisotopic (exact) mass is 341 g/mol. The van der Waals surface area contributed by atoms with E-state index in [1.807, 2.05) is 0 Å². The first-order valence-electron chi connectivity index (χ1n) is 8.07. The molecule has 2 N–H and O–H groups in total. The van der Waals surface area contributed by atoms with E-state index >= 15 is 0 Å². The van der Waals surface area contributed by atoms with Crippen LogP contribution in [0, 0.1) is 17.6 Å². The maximum Gasteiger partial charge on any atom is 0.308 e. The number of ether oxygens (including phenoxy) is 1. The van der Waals surface area contributed by atoms with Crippen molar-refractivity contribution in [2.24, 2.45) is 5.92 Å². The zero-order valence-electron chi connectivity index (χ0n) is 13.3. The summed E-state index contributed by atoms with van der Waals surface area (Å²) < 4.78 is 31.3. The number of rotatable bonds is 5. The van der Waals surface area contributed by atoms with Crippen molar-refractivity contribution in [1.82, 2.24) is 5.32 Å². The first-order valence-corrected chi connectivity index (χ1v) is 8.07. The number of benzene rings is 1. The Balaban J connectivity index is 1.92. The van der Waals surface area contributed by atoms with E-state index in [2.05, 4.69) is 5.32 Å². The summed E-state index contributed by atoms with van der Waals surface area (Å²) in [6.07, 6.45) is 4.79. The molecule has 5 nitrogen and oxygen atoms in total. The Hall–Kier alpha value is -2.18. The molecule has 1 aromatic rings. The number of carbonyl (C=O) groups is 2. The van der Waals surface area contributed by atoms with Crippen LogP contribution in [0.2, 0.25) is 0 Å². The van der Waals surface area contributed by atoms with E-state index in [-0.39, 0.29) is 5.75 Å². The Kier molecular flexibility index (Phi) is 6.52. The van der Waals surface area contributed by atoms with E-state index in [0.29, 0.717) is 18.9 Å². The third-order valence-electron chi connectivity index (χ3n) is 4.18. The fourth-order valence-electron chi connectivity index (χ4n) is 2.94. The number of hydrogen-bond acceptors (Lipinski definition) is 3. The van der Waals surface area contributed by atoms with Gasteiger partial charge in [-0.2, -0.15) is 0 Å². The molecular weight excluding hydrogens is 320 g/mol. The smallest absolute Gasteiger partial charge is 0.308 e. The molecule has 0 bridgehead atoms. The molecule has 24 heavy (non-hydrogen) atoms. The molecule has 1 amide bonds. The molecule has 1 aliphatic carbocycles. The first-order chi connectivity index (χ1) is 11.5. The summed E-state index contributed by atoms with van der Waals surface area (Å²) in [7, 11) is 0. The van der Waals surface area contributed by atoms with E-state index in [9.17, 15) is 23.5 Å². The highest BCUT2D eigenvalue weighted by molar-refractivity contribution is 5.79. The second-order valence-corrected chi connectivity index (χ2v) is 5.97. The number of carboxylic acid groups (broad SMARTS) is 1. The van der Waals surface area contributed by atoms with E-state index in [4.69, 9.17) is 4.74 Å². The van der Waals surface area contributed by atoms with Crippen LogP contribution in [0.25, 0.3) is 0 Å². The third kappa shape index (κ3) is 5.18. The summed E-state index contributed by atoms with van der Waals surface area (Å²) in [4.78, 5) is 23.4. The van der Waals surface area contributed by atoms with E-state index < -0.39 is 42.1 Å². The fourth-order valence-corrected chi connectivity index (χ4v) is 2.94. The van der Waals surface area contributed by atoms with Crippen LogP contribution < -0.4 is 10.1 Å². The summed E-state index contributed by atoms with van der Waals surface area (Å²) in [5.74, 6) is -3.92. The largest absolute Gasteiger partial charge is 0.481 e. The molecule has 0 heterocycles. The molecule has 7 heteroatoms. The van der Waals surface area contributed by atoms with Gasteiger partial charge in [-0.05, 0) is 25.0 Å². The number of aliphatic carboxylic acids is 1. The molecule has 0 aromatic heterocycles. The van der Waals surface area contributed by atoms with Gasteiger partial charge in [-0.25, -0.2) is 8.78 Å². The lowest BCUT2D eigenvalue weighted by Gasteiger charge is -2.27. The summed E-state index contributed by atoms with van der Waals surface area (Å²) in [5.41, 5.74) is 0. The Morgan fingerprint density at radius 2 is 1.88 bits per heavy atom. The minimum absolute atomic E-state index is 0.223. The highest BCUT2D eigenvalue weighted by Gasteiger charge is 2.29. The van der Waals surface area contributed by atoms with Crippen LogP contribution in [-0.2, 0) is 9.59 Å². The van der Waals surface area contributed by atoms with Crippen molar-refractivity contribution >= 4 is 11.9 Å². The average Bonchev–Trinajstić information content (AvgIpc) is 2.49. The number of amides is 1. The summed E-state index contributed by atoms with van der Waals surface area (Å²) in [5, 5.41) is 12.0. The van der Waals surface area contributed by atoms with Crippen molar-refractivity contribution in [3.63, 3.8) is 0 Å². The Morgan fingerprint density at radius 3 is 2.54 bits per heavy atom. The molecule has 1 aliphatic rings. The van der Waals surface area contributed by atoms with Crippen molar-refractivity contribution < 1.29 is 28.2 Å². The number of nitrogens with one attached hydrogen (secondary N) is 1. The van der Waals surface area contributed by atoms with Gasteiger partial charge in [-0.15, -0.1) is 0 Å². The first kappa shape index (κ1) is 18.2. The van der Waals surface area contributed by atoms with Gasteiger partial charge in [0, 0.05) is 12.1 Å². The summed E-state index contributed by atoms with van der Waals surface area (Å²) in [6.45, 7) is -0.453. The summed E-state index contributed by atoms with van der Waals surface area (Å²) >= 11 is 0. The van der Waals surface area contributed by atoms with Crippen LogP contribution in [0.1, 0.15) is 38.5 Å². The molecule has 1 aromatic carbocycles. The quantitative estimate of drug-likeness (QED) is 0.863. The fraction of sp³-hybridized carbons (Fsp3) is 0.529. The zero-order chi connectivity index (χ0) is 17.5. The van der Waals surface area contributed by atoms with Gasteiger partial charge >= 0.3 is 5.97 Å². The topological polar surface area (TPSA) is 75.6 Å². The highest BCUT2D eigenvalue weighted by Crippen LogP contribution is 2.23. The predicted molar refractivity (Wildman–Crippen MR) is 82.6 cm³/mol. The van der Waals surface area contributed by atoms with Crippen molar-refractivity contribution in [3.8, 4) is 5.75 Å². The zero-order valence-corrected chi connectivity index (χ0v) is 13.3. The van der Waals surface area contributed by atoms with Gasteiger partial charge in [0.05, 0.1) is 5.92 Å². The second-order valence-electron chi connectivity index (χ2n) is 5.97. The lowest BCUT2D eigenvalue weighted by atomic mass is 9.87. The molecule has 2 atom stereocenters. The molecule has 2 rings (SSSR count). The number of hydrogen-bond donors (Lipinski definition) is 2. The van der Waals surface area contributed by atoms with Crippen LogP contribution in [0.3, 0.4) is 0 Å². The predicted octanol–water partition coefficient (Wildman–Crippen LogP) is 2.88. The van der Waals surface area contributed by atoms with Crippen molar-refractivity contribution in [3.05, 3.63) is 29.8 Å². The second kappa shape index (κ2) is 8.61. The van der Waals surface area contributed by atoms with Crippen LogP contribution in [-0.4, -0.2) is 29.6 Å². The van der Waals surface area contributed by atoms with Crippen molar-refractivity contribution in [2.75, 3.05) is 6.61 Å². The number of carbonyl (C=O) groups excluding carboxylic acids is 1. The lowest BCUT2D eigenvalue weighted by molar-refractivity contribution is -0.143. The third-order valence-corrected chi connectivity index (χ3v) is 4.18. The number of carboxylic acids is 1. The molecule has 2 unspecified atom stereocenters. The Morgan fingerprint density at radius 1 is 1.17 bits per heavy atom. The maximum atomic E-state index is 13.5. The molecule has 1 fully saturated rings. The van der Waals surface area contributed by atoms with Crippen LogP contribution in [0.15, 0.2) is 18.2 Å². The highest BCUT2D eigenvalue weighted by atomic mass is 19.1. The molecule has 0 aliphatic heterocycles. The molecular formula is C17H21F2NO4. The molecule has 132 valence electrons. The van der Waals surface area contributed by atoms with Crippen LogP contribution in [0.5, 0.6) is 5.75 Å². The molecule has 0 saturated heterocycles. The molecule has 0 radical (unpaired) electrons. The molecule has 0 spiro atoms. The minimum Gasteiger partial charge on any atom is -0.481 e. The Labute approximate surface area is 139 Å². The van der Waals surface area contributed by atoms with E-state index in [1.165, 1.54) is 0 Å². The van der Waals surface area contributed by atoms with Crippen molar-refractivity contribution in [1.29, 1.82) is 0 Å². The van der Waals surface area contributed by atoms with E-state index in [1.54, 1.807) is 0 Å². The van der Waals surface area contributed by atoms with Gasteiger partial charge in [-0.1, -0.05) is 25.7 Å². The van der Waals surface area contributed by atoms with Crippen LogP contribution in [0.4, 0.5) is 8.78 Å². The van der Waals surface area contributed by atoms with Gasteiger partial charge in [0.2, 0.25) is 0 Å². The summed E-state index contributed by atoms with van der Waals surface area (Å²) in [6, 6.07) is 2.35. The minimum atomic E-state index is -0.923. The SMILES string of the molecule is O=C(COc1ccc(F)cc1F)NC1CCCCCCC1C(=O)O. The normalized spacial score (nSPS) is 21.4. The van der Waals surface area contributed by atoms with Gasteiger partial charge < -0.3 is 15.2 Å². The van der Waals surface area contributed by atoms with Crippen LogP contribution >= 0.6 is 0 Å². The Bertz CT molecular complexity index is 594.